The predicted molar refractivity (Wildman–Crippen MR) is 276 cm³/mol. The van der Waals surface area contributed by atoms with E-state index in [1.165, 1.54) is 0 Å². The summed E-state index contributed by atoms with van der Waals surface area (Å²) < 4.78 is 110. The van der Waals surface area contributed by atoms with Gasteiger partial charge in [-0.1, -0.05) is 40.9 Å². The average Bonchev–Trinajstić information content (AvgIpc) is 4.37. The summed E-state index contributed by atoms with van der Waals surface area (Å²) in [5.41, 5.74) is 2.16. The van der Waals surface area contributed by atoms with E-state index in [1.54, 1.807) is 0 Å². The maximum absolute atomic E-state index is 14.6. The second-order valence-corrected chi connectivity index (χ2v) is 28.1. The maximum atomic E-state index is 14.6. The van der Waals surface area contributed by atoms with E-state index < -0.39 is 60.1 Å². The van der Waals surface area contributed by atoms with Gasteiger partial charge >= 0.3 is 5.97 Å². The molecule has 0 saturated carbocycles. The van der Waals surface area contributed by atoms with E-state index in [0.29, 0.717) is 70.6 Å². The molecule has 17 rings (SSSR count). The largest absolute Gasteiger partial charge is 0.459 e. The van der Waals surface area contributed by atoms with E-state index in [0.717, 1.165) is 49.7 Å². The van der Waals surface area contributed by atoms with Gasteiger partial charge in [0.15, 0.2) is 17.4 Å². The molecule has 17 fully saturated rings. The third kappa shape index (κ3) is 8.99. The highest BCUT2D eigenvalue weighted by Gasteiger charge is 2.70. The fraction of sp³-hybridized carbons (Fsp3) is 0.918. The van der Waals surface area contributed by atoms with Crippen LogP contribution in [0.25, 0.3) is 0 Å². The topological polar surface area (TPSA) is 205 Å². The molecule has 2 unspecified atom stereocenters. The highest BCUT2D eigenvalue weighted by atomic mass is 16.8. The van der Waals surface area contributed by atoms with Crippen LogP contribution in [0.1, 0.15) is 143 Å². The number of ether oxygens (including phenoxy) is 16. The van der Waals surface area contributed by atoms with Crippen molar-refractivity contribution >= 4 is 5.97 Å². The molecule has 0 aromatic rings. The molecule has 33 atom stereocenters. The number of hydrogen-bond donors (Lipinski definition) is 2. The van der Waals surface area contributed by atoms with Crippen LogP contribution in [0.2, 0.25) is 0 Å². The first kappa shape index (κ1) is 53.7. The zero-order chi connectivity index (χ0) is 54.3. The van der Waals surface area contributed by atoms with Crippen molar-refractivity contribution in [1.29, 1.82) is 0 Å². The lowest BCUT2D eigenvalue weighted by Crippen LogP contribution is -2.62. The van der Waals surface area contributed by atoms with Gasteiger partial charge in [-0.15, -0.1) is 0 Å². The SMILES string of the molecule is C=C1C[C@@H]2CC[C@@]34CC5O[C@@H]6C(O[C@H]7CC[C@H](CC(=O)O[C@@H]8[C@@H](C)[C@@H]9O[C@@H]%10C[C@]%11(C[C@@H]%12O[C@]%13(C[C@H](C)[C@@H]%14O[C@@H]%15C[C@H]([C@H](O)CO)O[C@@H]%15C[C@@H]%14O%13)C[C@H](C)[C@@H]%12O%11)O[C@@H]%10C[C@@H]9O[C@H]8C[C@H]8O[C@@H](CC[C@@H]1O2)C[C@@H](C)C8=C)O[C@@H]7[C@@H]6O3)[C@@H]5O4. The van der Waals surface area contributed by atoms with Crippen LogP contribution in [0.15, 0.2) is 24.3 Å². The minimum atomic E-state index is -0.941. The molecule has 80 heavy (non-hydrogen) atoms. The zero-order valence-corrected chi connectivity index (χ0v) is 47.0. The molecule has 0 radical (unpaired) electrons. The number of aliphatic hydroxyl groups is 2. The van der Waals surface area contributed by atoms with Crippen molar-refractivity contribution in [3.63, 3.8) is 0 Å². The highest BCUT2D eigenvalue weighted by Crippen LogP contribution is 2.58. The molecular weight excluding hydrogens is 1040 g/mol. The third-order valence-corrected chi connectivity index (χ3v) is 22.6. The van der Waals surface area contributed by atoms with Gasteiger partial charge in [0.2, 0.25) is 0 Å². The maximum Gasteiger partial charge on any atom is 0.308 e. The molecule has 17 saturated heterocycles. The Bertz CT molecular complexity index is 2410. The summed E-state index contributed by atoms with van der Waals surface area (Å²) >= 11 is 0. The summed E-state index contributed by atoms with van der Waals surface area (Å²) in [5.74, 6) is -2.60. The summed E-state index contributed by atoms with van der Waals surface area (Å²) in [6, 6.07) is 0. The van der Waals surface area contributed by atoms with E-state index in [9.17, 15) is 15.0 Å². The van der Waals surface area contributed by atoms with Crippen LogP contribution in [0.4, 0.5) is 0 Å². The van der Waals surface area contributed by atoms with Gasteiger partial charge in [0.25, 0.3) is 0 Å². The lowest BCUT2D eigenvalue weighted by Gasteiger charge is -2.54. The van der Waals surface area contributed by atoms with Crippen LogP contribution in [0, 0.1) is 23.7 Å². The summed E-state index contributed by atoms with van der Waals surface area (Å²) in [5, 5.41) is 20.0. The van der Waals surface area contributed by atoms with Crippen LogP contribution >= 0.6 is 0 Å². The van der Waals surface area contributed by atoms with Gasteiger partial charge in [-0.3, -0.25) is 4.79 Å². The summed E-state index contributed by atoms with van der Waals surface area (Å²) in [4.78, 5) is 14.6. The van der Waals surface area contributed by atoms with Crippen molar-refractivity contribution in [3.8, 4) is 0 Å². The van der Waals surface area contributed by atoms with Crippen molar-refractivity contribution in [2.75, 3.05) is 6.61 Å². The van der Waals surface area contributed by atoms with Crippen molar-refractivity contribution in [1.82, 2.24) is 0 Å². The molecule has 17 aliphatic rings. The third-order valence-electron chi connectivity index (χ3n) is 22.6. The Morgan fingerprint density at radius 1 is 0.475 bits per heavy atom. The van der Waals surface area contributed by atoms with Crippen molar-refractivity contribution in [2.45, 2.75) is 319 Å². The number of carbonyl (C=O) groups is 1. The smallest absolute Gasteiger partial charge is 0.308 e. The van der Waals surface area contributed by atoms with Gasteiger partial charge in [0, 0.05) is 70.1 Å². The molecule has 17 aliphatic heterocycles. The quantitative estimate of drug-likeness (QED) is 0.265. The van der Waals surface area contributed by atoms with Crippen molar-refractivity contribution in [3.05, 3.63) is 24.3 Å². The molecule has 0 aliphatic carbocycles. The van der Waals surface area contributed by atoms with Crippen LogP contribution in [0.5, 0.6) is 0 Å². The molecule has 0 aromatic heterocycles. The number of fused-ring (bicyclic) bond motifs is 11. The fourth-order valence-electron chi connectivity index (χ4n) is 18.8. The van der Waals surface area contributed by atoms with E-state index in [-0.39, 0.29) is 159 Å². The second kappa shape index (κ2) is 19.9. The van der Waals surface area contributed by atoms with Crippen LogP contribution in [-0.4, -0.2) is 199 Å². The van der Waals surface area contributed by atoms with Gasteiger partial charge in [0.1, 0.15) is 42.7 Å². The first-order valence-electron chi connectivity index (χ1n) is 31.4. The van der Waals surface area contributed by atoms with Gasteiger partial charge in [-0.25, -0.2) is 0 Å². The Kier molecular flexibility index (Phi) is 13.4. The number of esters is 1. The van der Waals surface area contributed by atoms with E-state index in [4.69, 9.17) is 75.8 Å². The zero-order valence-electron chi connectivity index (χ0n) is 47.0. The summed E-state index contributed by atoms with van der Waals surface area (Å²) in [7, 11) is 0. The molecule has 19 heteroatoms. The molecule has 0 amide bonds. The molecule has 2 N–H and O–H groups in total. The van der Waals surface area contributed by atoms with Gasteiger partial charge in [-0.05, 0) is 73.8 Å². The normalized spacial score (nSPS) is 58.9. The van der Waals surface area contributed by atoms with E-state index in [2.05, 4.69) is 40.9 Å². The minimum Gasteiger partial charge on any atom is -0.459 e. The van der Waals surface area contributed by atoms with Crippen LogP contribution in [0.3, 0.4) is 0 Å². The molecule has 0 aromatic carbocycles. The number of carbonyl (C=O) groups excluding carboxylic acids is 1. The number of hydrogen-bond acceptors (Lipinski definition) is 19. The molecule has 12 bridgehead atoms. The first-order valence-corrected chi connectivity index (χ1v) is 31.4. The standard InChI is InChI=1S/C61H86O19/c1-26-13-32-7-9-36-27(2)14-34(65-36)11-12-59-23-47-55(79-59)56-57(73-47)58(80-59)54-37(70-56)10-8-33(67-54)15-49(64)74-53-31(6)52-44(69-43(53)16-38(66-32)30(26)5)19-42-46(72-52)22-61(75-42)24-48-51(78-61)29(4)21-60(77-48)20-28(3)50-45(76-60)18-40-41(71-50)17-39(68-40)35(63)25-62/h26,28-29,31-48,50-58,62-63H,2,5,7-25H2,1,3-4,6H3/t26-,28+,29+,31+,32+,33-,34+,35-,36+,37+,38-,39-,40-,41-,42-,43+,44+,45+,46-,47?,48+,50+,51+,52+,53-,54+,55-,56?,57-,58+,59+,60-,61+/m1/s1. The lowest BCUT2D eigenvalue weighted by atomic mass is 9.78. The molecule has 444 valence electrons. The average molecular weight is 1120 g/mol. The molecular formula is C61H86O19. The van der Waals surface area contributed by atoms with Crippen molar-refractivity contribution < 1.29 is 90.8 Å². The highest BCUT2D eigenvalue weighted by molar-refractivity contribution is 5.70. The van der Waals surface area contributed by atoms with Gasteiger partial charge in [-0.2, -0.15) is 0 Å². The Hall–Kier alpha value is -1.73. The van der Waals surface area contributed by atoms with Gasteiger partial charge in [0.05, 0.1) is 129 Å². The Labute approximate surface area is 469 Å². The van der Waals surface area contributed by atoms with E-state index >= 15 is 0 Å². The monoisotopic (exact) mass is 1120 g/mol. The number of rotatable bonds is 2. The Balaban J connectivity index is 0.628. The molecule has 3 spiro atoms. The van der Waals surface area contributed by atoms with E-state index in [1.807, 2.05) is 0 Å². The van der Waals surface area contributed by atoms with Crippen LogP contribution in [-0.2, 0) is 80.6 Å². The van der Waals surface area contributed by atoms with Crippen LogP contribution < -0.4 is 0 Å². The Morgan fingerprint density at radius 2 is 1.12 bits per heavy atom. The fourth-order valence-corrected chi connectivity index (χ4v) is 18.8. The second-order valence-electron chi connectivity index (χ2n) is 28.1. The predicted octanol–water partition coefficient (Wildman–Crippen LogP) is 5.33. The minimum absolute atomic E-state index is 0.0140. The Morgan fingerprint density at radius 3 is 1.99 bits per heavy atom. The summed E-state index contributed by atoms with van der Waals surface area (Å²) in [6.07, 6.45) is 4.03. The lowest BCUT2D eigenvalue weighted by molar-refractivity contribution is -0.369. The molecule has 17 heterocycles. The first-order chi connectivity index (χ1) is 38.6. The molecule has 19 nitrogen and oxygen atoms in total. The van der Waals surface area contributed by atoms with Gasteiger partial charge < -0.3 is 86.0 Å². The summed E-state index contributed by atoms with van der Waals surface area (Å²) in [6.45, 7) is 17.6. The number of aliphatic hydroxyl groups excluding tert-OH is 2. The van der Waals surface area contributed by atoms with Crippen molar-refractivity contribution in [2.24, 2.45) is 23.7 Å².